The molecule has 2 atom stereocenters. The van der Waals surface area contributed by atoms with Crippen LogP contribution in [-0.4, -0.2) is 21.8 Å². The number of allylic oxidation sites excluding steroid dienone is 1. The fraction of sp³-hybridized carbons (Fsp3) is 0.333. The zero-order chi connectivity index (χ0) is 13.3. The number of nitro groups is 1. The lowest BCUT2D eigenvalue weighted by Crippen LogP contribution is -2.28. The normalized spacial score (nSPS) is 23.2. The van der Waals surface area contributed by atoms with Crippen molar-refractivity contribution < 1.29 is 14.5 Å². The molecule has 0 saturated heterocycles. The molecule has 0 radical (unpaired) electrons. The lowest BCUT2D eigenvalue weighted by Gasteiger charge is -2.25. The summed E-state index contributed by atoms with van der Waals surface area (Å²) in [6.07, 6.45) is 3.59. The third kappa shape index (κ3) is 2.09. The van der Waals surface area contributed by atoms with E-state index in [4.69, 9.17) is 4.74 Å². The smallest absolute Gasteiger partial charge is 0.298 e. The molecule has 1 aliphatic rings. The van der Waals surface area contributed by atoms with Gasteiger partial charge in [-0.1, -0.05) is 6.92 Å². The van der Waals surface area contributed by atoms with Crippen LogP contribution < -0.4 is 0 Å². The maximum Gasteiger partial charge on any atom is 0.298 e. The first-order valence-corrected chi connectivity index (χ1v) is 5.51. The van der Waals surface area contributed by atoms with Crippen LogP contribution in [0.15, 0.2) is 24.5 Å². The first-order chi connectivity index (χ1) is 8.50. The van der Waals surface area contributed by atoms with E-state index in [2.05, 4.69) is 4.98 Å². The molecule has 0 spiro atoms. The molecule has 0 bridgehead atoms. The van der Waals surface area contributed by atoms with Crippen molar-refractivity contribution >= 4 is 17.2 Å². The molecule has 6 nitrogen and oxygen atoms in total. The summed E-state index contributed by atoms with van der Waals surface area (Å²) in [5, 5.41) is 10.9. The number of carbonyl (C=O) groups excluding carboxylic acids is 1. The molecule has 0 aromatic carbocycles. The van der Waals surface area contributed by atoms with E-state index >= 15 is 0 Å². The van der Waals surface area contributed by atoms with Gasteiger partial charge in [0.1, 0.15) is 18.1 Å². The van der Waals surface area contributed by atoms with Crippen LogP contribution in [-0.2, 0) is 9.53 Å². The van der Waals surface area contributed by atoms with E-state index in [9.17, 15) is 14.9 Å². The first-order valence-electron chi connectivity index (χ1n) is 5.51. The van der Waals surface area contributed by atoms with Crippen molar-refractivity contribution in [2.24, 2.45) is 5.92 Å². The molecule has 0 aliphatic carbocycles. The summed E-state index contributed by atoms with van der Waals surface area (Å²) in [7, 11) is 0. The standard InChI is InChI=1S/C12H12N2O4/c1-7-8(2)18-12(5-11(7)15)9-3-4-13-6-10(9)14(16)17/h3-8H,1-2H3. The van der Waals surface area contributed by atoms with Gasteiger partial charge < -0.3 is 4.74 Å². The SMILES string of the molecule is CC1OC(c2ccncc2[N+](=O)[O-])=CC(=O)C1C. The van der Waals surface area contributed by atoms with Crippen molar-refractivity contribution in [1.29, 1.82) is 0 Å². The third-order valence-electron chi connectivity index (χ3n) is 3.00. The highest BCUT2D eigenvalue weighted by atomic mass is 16.6. The number of carbonyl (C=O) groups is 1. The number of hydrogen-bond donors (Lipinski definition) is 0. The molecular weight excluding hydrogens is 236 g/mol. The molecule has 6 heteroatoms. The van der Waals surface area contributed by atoms with E-state index in [0.717, 1.165) is 6.20 Å². The van der Waals surface area contributed by atoms with Gasteiger partial charge in [0, 0.05) is 12.3 Å². The highest BCUT2D eigenvalue weighted by Gasteiger charge is 2.30. The molecule has 2 unspecified atom stereocenters. The maximum atomic E-state index is 11.7. The number of aromatic nitrogens is 1. The molecule has 18 heavy (non-hydrogen) atoms. The minimum absolute atomic E-state index is 0.0881. The van der Waals surface area contributed by atoms with Crippen molar-refractivity contribution in [3.63, 3.8) is 0 Å². The minimum Gasteiger partial charge on any atom is -0.489 e. The summed E-state index contributed by atoms with van der Waals surface area (Å²) in [5.74, 6) is -0.0933. The first kappa shape index (κ1) is 12.2. The van der Waals surface area contributed by atoms with E-state index in [1.54, 1.807) is 13.8 Å². The summed E-state index contributed by atoms with van der Waals surface area (Å²) in [4.78, 5) is 25.8. The highest BCUT2D eigenvalue weighted by molar-refractivity contribution is 5.99. The number of ether oxygens (including phenoxy) is 1. The van der Waals surface area contributed by atoms with Gasteiger partial charge in [0.2, 0.25) is 0 Å². The second-order valence-corrected chi connectivity index (χ2v) is 4.17. The molecule has 2 rings (SSSR count). The Morgan fingerprint density at radius 2 is 2.17 bits per heavy atom. The molecule has 0 N–H and O–H groups in total. The van der Waals surface area contributed by atoms with E-state index < -0.39 is 4.92 Å². The Hall–Kier alpha value is -2.24. The zero-order valence-corrected chi connectivity index (χ0v) is 9.99. The van der Waals surface area contributed by atoms with Gasteiger partial charge in [-0.05, 0) is 13.0 Å². The molecular formula is C12H12N2O4. The third-order valence-corrected chi connectivity index (χ3v) is 3.00. The molecule has 94 valence electrons. The van der Waals surface area contributed by atoms with Crippen LogP contribution >= 0.6 is 0 Å². The van der Waals surface area contributed by atoms with Gasteiger partial charge in [-0.25, -0.2) is 0 Å². The van der Waals surface area contributed by atoms with Crippen molar-refractivity contribution in [3.8, 4) is 0 Å². The Kier molecular flexibility index (Phi) is 3.10. The van der Waals surface area contributed by atoms with Gasteiger partial charge in [0.15, 0.2) is 5.78 Å². The second-order valence-electron chi connectivity index (χ2n) is 4.17. The van der Waals surface area contributed by atoms with Crippen molar-refractivity contribution in [2.75, 3.05) is 0 Å². The number of ketones is 1. The van der Waals surface area contributed by atoms with E-state index in [-0.39, 0.29) is 34.8 Å². The lowest BCUT2D eigenvalue weighted by molar-refractivity contribution is -0.385. The number of pyridine rings is 1. The summed E-state index contributed by atoms with van der Waals surface area (Å²) >= 11 is 0. The van der Waals surface area contributed by atoms with Crippen LogP contribution in [0, 0.1) is 16.0 Å². The highest BCUT2D eigenvalue weighted by Crippen LogP contribution is 2.31. The van der Waals surface area contributed by atoms with E-state index in [0.29, 0.717) is 0 Å². The fourth-order valence-corrected chi connectivity index (χ4v) is 1.71. The van der Waals surface area contributed by atoms with E-state index in [1.165, 1.54) is 18.3 Å². The van der Waals surface area contributed by atoms with Gasteiger partial charge in [-0.2, -0.15) is 0 Å². The van der Waals surface area contributed by atoms with Crippen LogP contribution in [0.25, 0.3) is 5.76 Å². The topological polar surface area (TPSA) is 82.3 Å². The van der Waals surface area contributed by atoms with Gasteiger partial charge in [0.25, 0.3) is 5.69 Å². The summed E-state index contributed by atoms with van der Waals surface area (Å²) in [6, 6.07) is 1.47. The number of hydrogen-bond acceptors (Lipinski definition) is 5. The monoisotopic (exact) mass is 248 g/mol. The molecule has 0 fully saturated rings. The summed E-state index contributed by atoms with van der Waals surface area (Å²) < 4.78 is 5.55. The van der Waals surface area contributed by atoms with Gasteiger partial charge in [-0.3, -0.25) is 19.9 Å². The van der Waals surface area contributed by atoms with Crippen LogP contribution in [0.4, 0.5) is 5.69 Å². The molecule has 1 aliphatic heterocycles. The van der Waals surface area contributed by atoms with Gasteiger partial charge in [-0.15, -0.1) is 0 Å². The Bertz CT molecular complexity index is 539. The van der Waals surface area contributed by atoms with Crippen molar-refractivity contribution in [2.45, 2.75) is 20.0 Å². The molecule has 1 aromatic heterocycles. The van der Waals surface area contributed by atoms with Crippen molar-refractivity contribution in [1.82, 2.24) is 4.98 Å². The van der Waals surface area contributed by atoms with Gasteiger partial charge in [0.05, 0.1) is 16.4 Å². The van der Waals surface area contributed by atoms with E-state index in [1.807, 2.05) is 0 Å². The predicted octanol–water partition coefficient (Wildman–Crippen LogP) is 1.95. The lowest BCUT2D eigenvalue weighted by atomic mass is 9.96. The minimum atomic E-state index is -0.542. The Labute approximate surface area is 103 Å². The number of rotatable bonds is 2. The molecule has 0 saturated carbocycles. The van der Waals surface area contributed by atoms with Crippen molar-refractivity contribution in [3.05, 3.63) is 40.2 Å². The Morgan fingerprint density at radius 1 is 1.44 bits per heavy atom. The maximum absolute atomic E-state index is 11.7. The van der Waals surface area contributed by atoms with Crippen LogP contribution in [0.2, 0.25) is 0 Å². The Balaban J connectivity index is 2.47. The Morgan fingerprint density at radius 3 is 2.78 bits per heavy atom. The number of nitrogens with zero attached hydrogens (tertiary/aromatic N) is 2. The summed E-state index contributed by atoms with van der Waals surface area (Å²) in [5.41, 5.74) is 0.111. The molecule has 2 heterocycles. The zero-order valence-electron chi connectivity index (χ0n) is 9.99. The molecule has 0 amide bonds. The van der Waals surface area contributed by atoms with Crippen LogP contribution in [0.3, 0.4) is 0 Å². The average Bonchev–Trinajstić information content (AvgIpc) is 2.35. The quantitative estimate of drug-likeness (QED) is 0.590. The fourth-order valence-electron chi connectivity index (χ4n) is 1.71. The van der Waals surface area contributed by atoms with Gasteiger partial charge >= 0.3 is 0 Å². The second kappa shape index (κ2) is 4.56. The van der Waals surface area contributed by atoms with Crippen LogP contribution in [0.5, 0.6) is 0 Å². The average molecular weight is 248 g/mol. The summed E-state index contributed by atoms with van der Waals surface area (Å²) in [6.45, 7) is 3.53. The van der Waals surface area contributed by atoms with Crippen LogP contribution in [0.1, 0.15) is 19.4 Å². The predicted molar refractivity (Wildman–Crippen MR) is 63.6 cm³/mol. The largest absolute Gasteiger partial charge is 0.489 e. The molecule has 1 aromatic rings.